The van der Waals surface area contributed by atoms with Crippen LogP contribution in [0.3, 0.4) is 0 Å². The van der Waals surface area contributed by atoms with E-state index in [1.54, 1.807) is 0 Å². The Morgan fingerprint density at radius 1 is 0.456 bits per heavy atom. The first kappa shape index (κ1) is 64.9. The molecule has 0 saturated heterocycles. The van der Waals surface area contributed by atoms with Gasteiger partial charge in [-0.15, -0.1) is 0 Å². The van der Waals surface area contributed by atoms with Gasteiger partial charge in [0, 0.05) is 12.8 Å². The predicted octanol–water partition coefficient (Wildman–Crippen LogP) is 15.8. The van der Waals surface area contributed by atoms with Crippen LogP contribution in [0.15, 0.2) is 97.2 Å². The Hall–Kier alpha value is -3.07. The van der Waals surface area contributed by atoms with E-state index in [0.29, 0.717) is 23.9 Å². The highest BCUT2D eigenvalue weighted by molar-refractivity contribution is 7.45. The third-order valence-corrected chi connectivity index (χ3v) is 12.1. The topological polar surface area (TPSA) is 111 Å². The van der Waals surface area contributed by atoms with E-state index in [2.05, 4.69) is 111 Å². The largest absolute Gasteiger partial charge is 0.756 e. The first-order valence-electron chi connectivity index (χ1n) is 26.9. The van der Waals surface area contributed by atoms with E-state index in [4.69, 9.17) is 18.5 Å². The van der Waals surface area contributed by atoms with E-state index in [-0.39, 0.29) is 26.1 Å². The lowest BCUT2D eigenvalue weighted by Crippen LogP contribution is -2.37. The third-order valence-electron chi connectivity index (χ3n) is 11.1. The second-order valence-electron chi connectivity index (χ2n) is 18.8. The van der Waals surface area contributed by atoms with Crippen LogP contribution in [-0.2, 0) is 32.7 Å². The van der Waals surface area contributed by atoms with Crippen molar-refractivity contribution in [2.24, 2.45) is 0 Å². The zero-order chi connectivity index (χ0) is 49.9. The Morgan fingerprint density at radius 3 is 1.19 bits per heavy atom. The zero-order valence-electron chi connectivity index (χ0n) is 44.0. The van der Waals surface area contributed by atoms with E-state index in [0.717, 1.165) is 89.9 Å². The van der Waals surface area contributed by atoms with Crippen molar-refractivity contribution in [2.75, 3.05) is 47.5 Å². The maximum absolute atomic E-state index is 12.8. The molecule has 0 aliphatic carbocycles. The van der Waals surface area contributed by atoms with Gasteiger partial charge in [0.15, 0.2) is 6.10 Å². The highest BCUT2D eigenvalue weighted by atomic mass is 31.2. The molecular formula is C58H100NO8P. The normalized spacial score (nSPS) is 14.1. The Balaban J connectivity index is 4.12. The fraction of sp³-hybridized carbons (Fsp3) is 0.690. The van der Waals surface area contributed by atoms with Crippen molar-refractivity contribution in [1.29, 1.82) is 0 Å². The van der Waals surface area contributed by atoms with Gasteiger partial charge < -0.3 is 27.9 Å². The monoisotopic (exact) mass is 970 g/mol. The van der Waals surface area contributed by atoms with Crippen molar-refractivity contribution < 1.29 is 42.1 Å². The lowest BCUT2D eigenvalue weighted by molar-refractivity contribution is -0.870. The van der Waals surface area contributed by atoms with Crippen molar-refractivity contribution in [3.63, 3.8) is 0 Å². The van der Waals surface area contributed by atoms with Gasteiger partial charge in [-0.05, 0) is 89.9 Å². The summed E-state index contributed by atoms with van der Waals surface area (Å²) in [4.78, 5) is 37.7. The fourth-order valence-electron chi connectivity index (χ4n) is 6.99. The molecule has 0 radical (unpaired) electrons. The molecule has 0 aliphatic rings. The smallest absolute Gasteiger partial charge is 0.306 e. The van der Waals surface area contributed by atoms with Crippen molar-refractivity contribution in [3.05, 3.63) is 97.2 Å². The minimum Gasteiger partial charge on any atom is -0.756 e. The number of carbonyl (C=O) groups is 2. The summed E-state index contributed by atoms with van der Waals surface area (Å²) < 4.78 is 34.0. The number of carbonyl (C=O) groups excluding carboxylic acids is 2. The molecule has 9 nitrogen and oxygen atoms in total. The SMILES string of the molecule is CC/C=C\C/C=C\C/C=C\C/C=C\C/C=C\CCCCCCCCCCCCCCCCCC(=O)OC(COC(=O)CCCCC/C=C\C/C=C\C/C=C\CC)COP(=O)([O-])OCC[N+](C)(C)C. The van der Waals surface area contributed by atoms with Gasteiger partial charge in [0.05, 0.1) is 27.7 Å². The number of rotatable bonds is 48. The second kappa shape index (κ2) is 48.9. The lowest BCUT2D eigenvalue weighted by atomic mass is 10.0. The quantitative estimate of drug-likeness (QED) is 0.0195. The van der Waals surface area contributed by atoms with E-state index in [9.17, 15) is 19.0 Å². The van der Waals surface area contributed by atoms with Gasteiger partial charge in [-0.25, -0.2) is 0 Å². The molecule has 0 N–H and O–H groups in total. The van der Waals surface area contributed by atoms with Crippen LogP contribution >= 0.6 is 7.82 Å². The summed E-state index contributed by atoms with van der Waals surface area (Å²) in [6.45, 7) is 3.96. The molecule has 0 aromatic heterocycles. The molecule has 0 amide bonds. The number of likely N-dealkylation sites (N-methyl/N-ethyl adjacent to an activating group) is 1. The minimum absolute atomic E-state index is 0.0395. The number of nitrogens with zero attached hydrogens (tertiary/aromatic N) is 1. The maximum Gasteiger partial charge on any atom is 0.306 e. The summed E-state index contributed by atoms with van der Waals surface area (Å²) in [6.07, 6.45) is 66.1. The van der Waals surface area contributed by atoms with Gasteiger partial charge in [-0.1, -0.05) is 201 Å². The van der Waals surface area contributed by atoms with Crippen molar-refractivity contribution >= 4 is 19.8 Å². The van der Waals surface area contributed by atoms with Crippen LogP contribution in [-0.4, -0.2) is 70.0 Å². The summed E-state index contributed by atoms with van der Waals surface area (Å²) in [6, 6.07) is 0. The van der Waals surface area contributed by atoms with E-state index >= 15 is 0 Å². The molecule has 0 rings (SSSR count). The zero-order valence-corrected chi connectivity index (χ0v) is 44.9. The van der Waals surface area contributed by atoms with E-state index in [1.165, 1.54) is 77.0 Å². The molecule has 0 aromatic carbocycles. The van der Waals surface area contributed by atoms with E-state index < -0.39 is 32.5 Å². The molecule has 0 fully saturated rings. The summed E-state index contributed by atoms with van der Waals surface area (Å²) in [5.74, 6) is -0.872. The molecule has 2 unspecified atom stereocenters. The van der Waals surface area contributed by atoms with Crippen LogP contribution in [0.2, 0.25) is 0 Å². The summed E-state index contributed by atoms with van der Waals surface area (Å²) in [5.41, 5.74) is 0. The van der Waals surface area contributed by atoms with Gasteiger partial charge >= 0.3 is 11.9 Å². The number of phosphoric acid groups is 1. The summed E-state index contributed by atoms with van der Waals surface area (Å²) >= 11 is 0. The summed E-state index contributed by atoms with van der Waals surface area (Å²) in [7, 11) is 1.14. The van der Waals surface area contributed by atoms with Crippen molar-refractivity contribution in [3.8, 4) is 0 Å². The molecule has 390 valence electrons. The average molecular weight is 970 g/mol. The second-order valence-corrected chi connectivity index (χ2v) is 20.2. The van der Waals surface area contributed by atoms with Gasteiger partial charge in [-0.2, -0.15) is 0 Å². The Kier molecular flexibility index (Phi) is 46.7. The Labute approximate surface area is 417 Å². The van der Waals surface area contributed by atoms with Crippen LogP contribution in [0.5, 0.6) is 0 Å². The molecule has 0 aromatic rings. The number of ether oxygens (including phenoxy) is 2. The highest BCUT2D eigenvalue weighted by Crippen LogP contribution is 2.38. The first-order chi connectivity index (χ1) is 33.0. The molecular weight excluding hydrogens is 870 g/mol. The Bertz CT molecular complexity index is 1470. The molecule has 68 heavy (non-hydrogen) atoms. The highest BCUT2D eigenvalue weighted by Gasteiger charge is 2.21. The van der Waals surface area contributed by atoms with Crippen molar-refractivity contribution in [1.82, 2.24) is 0 Å². The van der Waals surface area contributed by atoms with Gasteiger partial charge in [0.1, 0.15) is 19.8 Å². The molecule has 10 heteroatoms. The van der Waals surface area contributed by atoms with Crippen LogP contribution in [0.1, 0.15) is 206 Å². The number of hydrogen-bond donors (Lipinski definition) is 0. The number of phosphoric ester groups is 1. The van der Waals surface area contributed by atoms with Crippen LogP contribution in [0.4, 0.5) is 0 Å². The summed E-state index contributed by atoms with van der Waals surface area (Å²) in [5, 5.41) is 0. The first-order valence-corrected chi connectivity index (χ1v) is 28.4. The molecule has 0 bridgehead atoms. The maximum atomic E-state index is 12.8. The number of allylic oxidation sites excluding steroid dienone is 16. The van der Waals surface area contributed by atoms with Gasteiger partial charge in [0.2, 0.25) is 0 Å². The third kappa shape index (κ3) is 52.3. The lowest BCUT2D eigenvalue weighted by Gasteiger charge is -2.28. The minimum atomic E-state index is -4.64. The van der Waals surface area contributed by atoms with Gasteiger partial charge in [0.25, 0.3) is 7.82 Å². The molecule has 0 spiro atoms. The number of esters is 2. The van der Waals surface area contributed by atoms with Crippen LogP contribution in [0, 0.1) is 0 Å². The standard InChI is InChI=1S/C58H100NO8P/c1-6-8-10-12-14-16-18-20-21-22-23-24-25-26-27-28-29-30-31-32-33-34-35-36-37-39-41-43-45-47-49-51-58(61)67-56(55-66-68(62,63)65-53-52-59(3,4)5)54-64-57(60)50-48-46-44-42-40-38-19-17-15-13-11-9-7-2/h8-11,14-17,20-21,23-24,26-27,38,40,56H,6-7,12-13,18-19,22,25,28-37,39,41-55H2,1-5H3/b10-8-,11-9-,16-14-,17-15-,21-20-,24-23-,27-26-,40-38-. The van der Waals surface area contributed by atoms with E-state index in [1.807, 2.05) is 21.1 Å². The van der Waals surface area contributed by atoms with Crippen LogP contribution < -0.4 is 4.89 Å². The number of quaternary nitrogens is 1. The number of hydrogen-bond acceptors (Lipinski definition) is 8. The average Bonchev–Trinajstić information content (AvgIpc) is 3.30. The van der Waals surface area contributed by atoms with Crippen molar-refractivity contribution in [2.45, 2.75) is 213 Å². The fourth-order valence-corrected chi connectivity index (χ4v) is 7.72. The number of unbranched alkanes of at least 4 members (excludes halogenated alkanes) is 18. The molecule has 0 heterocycles. The van der Waals surface area contributed by atoms with Crippen LogP contribution in [0.25, 0.3) is 0 Å². The molecule has 0 saturated carbocycles. The predicted molar refractivity (Wildman–Crippen MR) is 286 cm³/mol. The Morgan fingerprint density at radius 2 is 0.794 bits per heavy atom. The molecule has 0 aliphatic heterocycles. The molecule has 2 atom stereocenters. The van der Waals surface area contributed by atoms with Gasteiger partial charge in [-0.3, -0.25) is 14.2 Å².